The third-order valence-electron chi connectivity index (χ3n) is 8.48. The van der Waals surface area contributed by atoms with E-state index in [0.717, 1.165) is 0 Å². The Morgan fingerprint density at radius 2 is 0.855 bits per heavy atom. The normalized spacial score (nSPS) is 11.2. The van der Waals surface area contributed by atoms with Crippen molar-refractivity contribution in [3.8, 4) is 57.3 Å². The van der Waals surface area contributed by atoms with Gasteiger partial charge in [-0.2, -0.15) is 0 Å². The van der Waals surface area contributed by atoms with E-state index in [1.54, 1.807) is 60.7 Å². The fraction of sp³-hybridized carbons (Fsp3) is 0. The number of hydrogen-bond donors (Lipinski definition) is 2. The second-order valence-corrected chi connectivity index (χ2v) is 12.1. The Bertz CT molecular complexity index is 2640. The van der Waals surface area contributed by atoms with Gasteiger partial charge in [0.15, 0.2) is 0 Å². The number of carbonyl (C=O) groups is 2. The third kappa shape index (κ3) is 6.44. The van der Waals surface area contributed by atoms with Crippen molar-refractivity contribution in [1.29, 1.82) is 0 Å². The Labute approximate surface area is 309 Å². The highest BCUT2D eigenvalue weighted by atomic mass is 16.5. The Morgan fingerprint density at radius 3 is 1.20 bits per heavy atom. The van der Waals surface area contributed by atoms with Crippen LogP contribution in [0.25, 0.3) is 56.3 Å². The number of fused-ring (bicyclic) bond motifs is 2. The minimum atomic E-state index is -0.638. The van der Waals surface area contributed by atoms with Crippen molar-refractivity contribution >= 4 is 34.0 Å². The molecule has 2 N–H and O–H groups in total. The van der Waals surface area contributed by atoms with Crippen LogP contribution in [0.2, 0.25) is 0 Å². The molecule has 3 heterocycles. The van der Waals surface area contributed by atoms with Crippen molar-refractivity contribution < 1.29 is 33.7 Å². The van der Waals surface area contributed by atoms with Crippen molar-refractivity contribution in [2.75, 3.05) is 0 Å². The molecule has 266 valence electrons. The fourth-order valence-corrected chi connectivity index (χ4v) is 5.69. The predicted octanol–water partition coefficient (Wildman–Crippen LogP) is 6.72. The van der Waals surface area contributed by atoms with Crippen LogP contribution in [0.4, 0.5) is 0 Å². The number of phenols is 2. The van der Waals surface area contributed by atoms with Crippen LogP contribution >= 0.6 is 0 Å². The SMILES string of the molecule is O=C(Oc1ccc(-n2nc3ccccc3n2)c(O)c1)c1ccc(-c2nnc(-c3ccc(C(=O)Oc4ccc(-n5nc6ccccc6n5)c(O)c4)cc3)o2)cc1. The largest absolute Gasteiger partial charge is 0.505 e. The quantitative estimate of drug-likeness (QED) is 0.124. The summed E-state index contributed by atoms with van der Waals surface area (Å²) in [4.78, 5) is 28.4. The fourth-order valence-electron chi connectivity index (χ4n) is 5.69. The summed E-state index contributed by atoms with van der Waals surface area (Å²) < 4.78 is 16.8. The van der Waals surface area contributed by atoms with E-state index in [0.29, 0.717) is 44.6 Å². The van der Waals surface area contributed by atoms with Gasteiger partial charge in [-0.05, 0) is 97.1 Å². The van der Waals surface area contributed by atoms with Gasteiger partial charge in [-0.15, -0.1) is 40.2 Å². The number of rotatable bonds is 8. The standard InChI is InChI=1S/C40H24N8O7/c49-35-21-27(17-19-33(35)47-43-29-5-1-2-6-30(29)44-47)53-39(51)25-13-9-23(10-14-25)37-41-42-38(55-37)24-11-15-26(16-12-24)40(52)54-28-18-20-34(36(50)22-28)48-45-31-7-3-4-8-32(31)46-48/h1-22,49-50H. The summed E-state index contributed by atoms with van der Waals surface area (Å²) in [6.07, 6.45) is 0. The van der Waals surface area contributed by atoms with E-state index in [2.05, 4.69) is 30.6 Å². The first kappa shape index (κ1) is 32.7. The van der Waals surface area contributed by atoms with Crippen LogP contribution in [-0.4, -0.2) is 62.3 Å². The number of aromatic nitrogens is 8. The van der Waals surface area contributed by atoms with E-state index in [9.17, 15) is 19.8 Å². The van der Waals surface area contributed by atoms with Gasteiger partial charge in [0.25, 0.3) is 0 Å². The minimum absolute atomic E-state index is 0.138. The Hall–Kier alpha value is -8.20. The van der Waals surface area contributed by atoms with E-state index in [1.165, 1.54) is 33.9 Å². The minimum Gasteiger partial charge on any atom is -0.505 e. The number of phenolic OH excluding ortho intramolecular Hbond substituents is 2. The smallest absolute Gasteiger partial charge is 0.343 e. The van der Waals surface area contributed by atoms with E-state index >= 15 is 0 Å². The molecule has 0 aliphatic carbocycles. The number of benzene rings is 6. The average Bonchev–Trinajstić information content (AvgIpc) is 3.97. The van der Waals surface area contributed by atoms with Gasteiger partial charge in [-0.25, -0.2) is 9.59 Å². The molecule has 15 heteroatoms. The molecule has 15 nitrogen and oxygen atoms in total. The molecule has 9 rings (SSSR count). The van der Waals surface area contributed by atoms with E-state index in [1.807, 2.05) is 48.5 Å². The maximum Gasteiger partial charge on any atom is 0.343 e. The molecule has 0 amide bonds. The highest BCUT2D eigenvalue weighted by molar-refractivity contribution is 5.92. The van der Waals surface area contributed by atoms with Gasteiger partial charge >= 0.3 is 11.9 Å². The summed E-state index contributed by atoms with van der Waals surface area (Å²) in [5.41, 5.74) is 4.98. The third-order valence-corrected chi connectivity index (χ3v) is 8.48. The van der Waals surface area contributed by atoms with Crippen molar-refractivity contribution in [2.45, 2.75) is 0 Å². The number of ether oxygens (including phenoxy) is 2. The monoisotopic (exact) mass is 728 g/mol. The molecule has 0 saturated carbocycles. The molecule has 6 aromatic carbocycles. The van der Waals surface area contributed by atoms with Crippen LogP contribution < -0.4 is 9.47 Å². The van der Waals surface area contributed by atoms with Crippen LogP contribution in [0.15, 0.2) is 138 Å². The molecule has 9 aromatic rings. The Morgan fingerprint density at radius 1 is 0.491 bits per heavy atom. The van der Waals surface area contributed by atoms with Crippen molar-refractivity contribution in [2.24, 2.45) is 0 Å². The summed E-state index contributed by atoms with van der Waals surface area (Å²) in [5.74, 6) is -0.909. The zero-order chi connectivity index (χ0) is 37.5. The average molecular weight is 729 g/mol. The molecule has 0 bridgehead atoms. The van der Waals surface area contributed by atoms with Gasteiger partial charge in [0.05, 0.1) is 11.1 Å². The molecule has 0 unspecified atom stereocenters. The lowest BCUT2D eigenvalue weighted by Gasteiger charge is -2.08. The van der Waals surface area contributed by atoms with E-state index in [-0.39, 0.29) is 45.9 Å². The maximum atomic E-state index is 12.9. The first-order valence-electron chi connectivity index (χ1n) is 16.6. The highest BCUT2D eigenvalue weighted by Gasteiger charge is 2.17. The zero-order valence-electron chi connectivity index (χ0n) is 28.2. The van der Waals surface area contributed by atoms with Gasteiger partial charge in [0.1, 0.15) is 56.4 Å². The summed E-state index contributed by atoms with van der Waals surface area (Å²) in [5, 5.41) is 46.9. The predicted molar refractivity (Wildman–Crippen MR) is 196 cm³/mol. The number of esters is 2. The first-order chi connectivity index (χ1) is 26.8. The highest BCUT2D eigenvalue weighted by Crippen LogP contribution is 2.30. The van der Waals surface area contributed by atoms with Crippen LogP contribution in [0.5, 0.6) is 23.0 Å². The van der Waals surface area contributed by atoms with Crippen LogP contribution in [-0.2, 0) is 0 Å². The maximum absolute atomic E-state index is 12.9. The molecule has 0 aliphatic heterocycles. The summed E-state index contributed by atoms with van der Waals surface area (Å²) in [7, 11) is 0. The number of carbonyl (C=O) groups excluding carboxylic acids is 2. The molecular formula is C40H24N8O7. The number of nitrogens with zero attached hydrogens (tertiary/aromatic N) is 8. The summed E-state index contributed by atoms with van der Waals surface area (Å²) >= 11 is 0. The lowest BCUT2D eigenvalue weighted by molar-refractivity contribution is 0.0725. The van der Waals surface area contributed by atoms with Crippen LogP contribution in [0.1, 0.15) is 20.7 Å². The molecule has 55 heavy (non-hydrogen) atoms. The Balaban J connectivity index is 0.825. The van der Waals surface area contributed by atoms with E-state index < -0.39 is 11.9 Å². The van der Waals surface area contributed by atoms with Crippen molar-refractivity contribution in [3.63, 3.8) is 0 Å². The van der Waals surface area contributed by atoms with Gasteiger partial charge < -0.3 is 24.1 Å². The van der Waals surface area contributed by atoms with Gasteiger partial charge in [-0.1, -0.05) is 24.3 Å². The molecule has 0 spiro atoms. The molecule has 0 radical (unpaired) electrons. The lowest BCUT2D eigenvalue weighted by Crippen LogP contribution is -2.08. The molecule has 0 atom stereocenters. The number of aromatic hydroxyl groups is 2. The van der Waals surface area contributed by atoms with Crippen molar-refractivity contribution in [3.05, 3.63) is 145 Å². The topological polar surface area (TPSA) is 193 Å². The van der Waals surface area contributed by atoms with Crippen molar-refractivity contribution in [1.82, 2.24) is 40.2 Å². The molecule has 3 aromatic heterocycles. The molecule has 0 fully saturated rings. The first-order valence-corrected chi connectivity index (χ1v) is 16.6. The molecule has 0 aliphatic rings. The van der Waals surface area contributed by atoms with Gasteiger partial charge in [0, 0.05) is 23.3 Å². The van der Waals surface area contributed by atoms with E-state index in [4.69, 9.17) is 13.9 Å². The summed E-state index contributed by atoms with van der Waals surface area (Å²) in [6, 6.07) is 36.2. The lowest BCUT2D eigenvalue weighted by atomic mass is 10.1. The van der Waals surface area contributed by atoms with Crippen LogP contribution in [0.3, 0.4) is 0 Å². The summed E-state index contributed by atoms with van der Waals surface area (Å²) in [6.45, 7) is 0. The molecule has 0 saturated heterocycles. The molecular weight excluding hydrogens is 704 g/mol. The zero-order valence-corrected chi connectivity index (χ0v) is 28.2. The van der Waals surface area contributed by atoms with Gasteiger partial charge in [-0.3, -0.25) is 0 Å². The number of hydrogen-bond acceptors (Lipinski definition) is 13. The second-order valence-electron chi connectivity index (χ2n) is 12.1. The second kappa shape index (κ2) is 13.4. The van der Waals surface area contributed by atoms with Gasteiger partial charge in [0.2, 0.25) is 11.8 Å². The Kier molecular flexibility index (Phi) is 7.97. The van der Waals surface area contributed by atoms with Crippen LogP contribution in [0, 0.1) is 0 Å².